The average Bonchev–Trinajstić information content (AvgIpc) is 2.57. The first kappa shape index (κ1) is 21.8. The highest BCUT2D eigenvalue weighted by molar-refractivity contribution is 6.74. The van der Waals surface area contributed by atoms with Crippen molar-refractivity contribution in [3.05, 3.63) is 50.9 Å². The van der Waals surface area contributed by atoms with Crippen LogP contribution in [0.25, 0.3) is 10.8 Å². The number of benzene rings is 1. The molecule has 0 spiro atoms. The first-order valence-electron chi connectivity index (χ1n) is 8.94. The Morgan fingerprint density at radius 3 is 2.43 bits per heavy atom. The largest absolute Gasteiger partial charge is 0.439 e. The van der Waals surface area contributed by atoms with Gasteiger partial charge in [0.05, 0.1) is 22.3 Å². The minimum atomic E-state index is -2.14. The average molecular weight is 407 g/mol. The van der Waals surface area contributed by atoms with E-state index in [1.165, 1.54) is 42.0 Å². The van der Waals surface area contributed by atoms with Gasteiger partial charge in [0.2, 0.25) is 6.23 Å². The minimum Gasteiger partial charge on any atom is -0.439 e. The summed E-state index contributed by atoms with van der Waals surface area (Å²) in [5, 5.41) is 11.6. The molecule has 0 unspecified atom stereocenters. The van der Waals surface area contributed by atoms with E-state index in [1.54, 1.807) is 0 Å². The SMILES string of the molecule is CC(=O)O[C@@H](CO[Si](C)(C)C(C)(C)C)n1ccc2c([N+](=O)[O-])cccc2c1=O. The monoisotopic (exact) mass is 406 g/mol. The van der Waals surface area contributed by atoms with Crippen LogP contribution in [0.2, 0.25) is 18.1 Å². The number of hydrogen-bond donors (Lipinski definition) is 0. The molecule has 0 radical (unpaired) electrons. The van der Waals surface area contributed by atoms with E-state index in [2.05, 4.69) is 33.9 Å². The van der Waals surface area contributed by atoms with Crippen LogP contribution in [0.15, 0.2) is 35.3 Å². The van der Waals surface area contributed by atoms with Crippen molar-refractivity contribution in [1.82, 2.24) is 4.57 Å². The Labute approximate surface area is 164 Å². The third-order valence-electron chi connectivity index (χ3n) is 5.15. The number of aromatic nitrogens is 1. The number of fused-ring (bicyclic) bond motifs is 1. The second-order valence-corrected chi connectivity index (χ2v) is 13.0. The number of ether oxygens (including phenoxy) is 1. The van der Waals surface area contributed by atoms with Gasteiger partial charge in [-0.05, 0) is 30.3 Å². The summed E-state index contributed by atoms with van der Waals surface area (Å²) in [5.41, 5.74) is -0.630. The maximum absolute atomic E-state index is 13.0. The lowest BCUT2D eigenvalue weighted by Crippen LogP contribution is -2.43. The number of carbonyl (C=O) groups is 1. The van der Waals surface area contributed by atoms with E-state index in [0.29, 0.717) is 0 Å². The van der Waals surface area contributed by atoms with E-state index in [0.717, 1.165) is 0 Å². The summed E-state index contributed by atoms with van der Waals surface area (Å²) in [6, 6.07) is 5.80. The van der Waals surface area contributed by atoms with Crippen molar-refractivity contribution >= 4 is 30.7 Å². The highest BCUT2D eigenvalue weighted by Crippen LogP contribution is 2.37. The van der Waals surface area contributed by atoms with E-state index in [9.17, 15) is 19.7 Å². The van der Waals surface area contributed by atoms with Crippen molar-refractivity contribution in [2.24, 2.45) is 0 Å². The summed E-state index contributed by atoms with van der Waals surface area (Å²) in [5.74, 6) is -0.546. The zero-order valence-corrected chi connectivity index (χ0v) is 18.0. The van der Waals surface area contributed by atoms with Crippen molar-refractivity contribution in [3.8, 4) is 0 Å². The van der Waals surface area contributed by atoms with Crippen LogP contribution >= 0.6 is 0 Å². The molecule has 1 aromatic heterocycles. The van der Waals surface area contributed by atoms with Gasteiger partial charge >= 0.3 is 5.97 Å². The van der Waals surface area contributed by atoms with Crippen molar-refractivity contribution in [1.29, 1.82) is 0 Å². The Morgan fingerprint density at radius 1 is 1.25 bits per heavy atom. The number of pyridine rings is 1. The van der Waals surface area contributed by atoms with Gasteiger partial charge < -0.3 is 9.16 Å². The van der Waals surface area contributed by atoms with Crippen LogP contribution in [0, 0.1) is 10.1 Å². The van der Waals surface area contributed by atoms with Crippen molar-refractivity contribution < 1.29 is 18.9 Å². The number of rotatable bonds is 6. The zero-order valence-electron chi connectivity index (χ0n) is 17.0. The van der Waals surface area contributed by atoms with Gasteiger partial charge in [0.25, 0.3) is 11.2 Å². The highest BCUT2D eigenvalue weighted by atomic mass is 28.4. The number of esters is 1. The fourth-order valence-electron chi connectivity index (χ4n) is 2.52. The maximum Gasteiger partial charge on any atom is 0.304 e. The van der Waals surface area contributed by atoms with Crippen molar-refractivity contribution in [2.75, 3.05) is 6.61 Å². The Morgan fingerprint density at radius 2 is 1.89 bits per heavy atom. The molecule has 9 heteroatoms. The third kappa shape index (κ3) is 4.48. The molecule has 1 aromatic carbocycles. The molecule has 1 atom stereocenters. The number of non-ortho nitro benzene ring substituents is 1. The number of hydrogen-bond acceptors (Lipinski definition) is 6. The van der Waals surface area contributed by atoms with Crippen LogP contribution in [0.5, 0.6) is 0 Å². The van der Waals surface area contributed by atoms with Crippen LogP contribution in [0.3, 0.4) is 0 Å². The van der Waals surface area contributed by atoms with E-state index >= 15 is 0 Å². The second kappa shape index (κ2) is 7.84. The summed E-state index contributed by atoms with van der Waals surface area (Å²) in [6.07, 6.45) is 0.447. The Kier molecular flexibility index (Phi) is 6.10. The van der Waals surface area contributed by atoms with Gasteiger partial charge in [-0.3, -0.25) is 24.3 Å². The molecule has 0 amide bonds. The molecule has 0 saturated carbocycles. The number of carbonyl (C=O) groups excluding carboxylic acids is 1. The molecule has 0 aliphatic carbocycles. The smallest absolute Gasteiger partial charge is 0.304 e. The molecule has 0 aliphatic rings. The molecule has 0 fully saturated rings. The van der Waals surface area contributed by atoms with E-state index in [4.69, 9.17) is 9.16 Å². The van der Waals surface area contributed by atoms with Gasteiger partial charge in [-0.2, -0.15) is 0 Å². The van der Waals surface area contributed by atoms with Crippen LogP contribution in [-0.4, -0.2) is 30.4 Å². The fraction of sp³-hybridized carbons (Fsp3) is 0.474. The molecule has 0 aliphatic heterocycles. The number of nitro benzene ring substituents is 1. The summed E-state index contributed by atoms with van der Waals surface area (Å²) in [7, 11) is -2.14. The lowest BCUT2D eigenvalue weighted by molar-refractivity contribution is -0.383. The first-order valence-corrected chi connectivity index (χ1v) is 11.9. The summed E-state index contributed by atoms with van der Waals surface area (Å²) in [4.78, 5) is 35.2. The zero-order chi connectivity index (χ0) is 21.3. The molecule has 0 bridgehead atoms. The molecular formula is C19H26N2O6Si. The quantitative estimate of drug-likeness (QED) is 0.311. The minimum absolute atomic E-state index is 0.0242. The van der Waals surface area contributed by atoms with E-state index in [-0.39, 0.29) is 28.1 Å². The predicted octanol–water partition coefficient (Wildman–Crippen LogP) is 3.99. The lowest BCUT2D eigenvalue weighted by atomic mass is 10.1. The molecule has 2 aromatic rings. The van der Waals surface area contributed by atoms with Crippen LogP contribution < -0.4 is 5.56 Å². The molecule has 152 valence electrons. The summed E-state index contributed by atoms with van der Waals surface area (Å²) < 4.78 is 12.7. The van der Waals surface area contributed by atoms with Gasteiger partial charge in [-0.25, -0.2) is 0 Å². The Hall–Kier alpha value is -2.52. The van der Waals surface area contributed by atoms with Crippen molar-refractivity contribution in [2.45, 2.75) is 52.1 Å². The number of nitrogens with zero attached hydrogens (tertiary/aromatic N) is 2. The van der Waals surface area contributed by atoms with Crippen LogP contribution in [0.4, 0.5) is 5.69 Å². The fourth-order valence-corrected chi connectivity index (χ4v) is 3.51. The molecule has 0 N–H and O–H groups in total. The van der Waals surface area contributed by atoms with Crippen LogP contribution in [0.1, 0.15) is 33.9 Å². The standard InChI is InChI=1S/C19H26N2O6Si/c1-13(22)27-17(12-26-28(5,6)19(2,3)4)20-11-10-14-15(18(20)23)8-7-9-16(14)21(24)25/h7-11,17H,12H2,1-6H3/t17-/m0/s1. The molecule has 1 heterocycles. The number of nitro groups is 1. The third-order valence-corrected chi connectivity index (χ3v) is 9.65. The lowest BCUT2D eigenvalue weighted by Gasteiger charge is -2.37. The summed E-state index contributed by atoms with van der Waals surface area (Å²) >= 11 is 0. The molecule has 2 rings (SSSR count). The Balaban J connectivity index is 2.48. The molecule has 28 heavy (non-hydrogen) atoms. The van der Waals surface area contributed by atoms with E-state index in [1.807, 2.05) is 0 Å². The predicted molar refractivity (Wildman–Crippen MR) is 109 cm³/mol. The Bertz CT molecular complexity index is 961. The highest BCUT2D eigenvalue weighted by Gasteiger charge is 2.38. The van der Waals surface area contributed by atoms with Gasteiger partial charge in [0.1, 0.15) is 0 Å². The summed E-state index contributed by atoms with van der Waals surface area (Å²) in [6.45, 7) is 11.7. The van der Waals surface area contributed by atoms with Gasteiger partial charge in [-0.1, -0.05) is 26.8 Å². The van der Waals surface area contributed by atoms with Crippen molar-refractivity contribution in [3.63, 3.8) is 0 Å². The van der Waals surface area contributed by atoms with Crippen LogP contribution in [-0.2, 0) is 14.0 Å². The van der Waals surface area contributed by atoms with E-state index < -0.39 is 31.0 Å². The van der Waals surface area contributed by atoms with Gasteiger partial charge in [0.15, 0.2) is 8.32 Å². The molecular weight excluding hydrogens is 380 g/mol. The molecule has 8 nitrogen and oxygen atoms in total. The topological polar surface area (TPSA) is 101 Å². The normalized spacial score (nSPS) is 13.4. The molecule has 0 saturated heterocycles. The maximum atomic E-state index is 13.0. The van der Waals surface area contributed by atoms with Gasteiger partial charge in [-0.15, -0.1) is 0 Å². The van der Waals surface area contributed by atoms with Gasteiger partial charge in [0, 0.05) is 19.2 Å². The first-order chi connectivity index (χ1) is 12.8. The second-order valence-electron chi connectivity index (χ2n) is 8.16.